The van der Waals surface area contributed by atoms with Crippen LogP contribution in [0.3, 0.4) is 0 Å². The molecule has 15 heteroatoms. The number of hydrogen-bond acceptors (Lipinski definition) is 8. The molecular formula is C27H25ClFN9O4. The highest BCUT2D eigenvalue weighted by Gasteiger charge is 2.30. The van der Waals surface area contributed by atoms with Crippen molar-refractivity contribution in [2.24, 2.45) is 0 Å². The van der Waals surface area contributed by atoms with Crippen LogP contribution in [-0.2, 0) is 22.6 Å². The number of hydrogen-bond donors (Lipinski definition) is 2. The lowest BCUT2D eigenvalue weighted by Crippen LogP contribution is -2.46. The summed E-state index contributed by atoms with van der Waals surface area (Å²) < 4.78 is 24.9. The van der Waals surface area contributed by atoms with Crippen LogP contribution in [0.2, 0.25) is 5.02 Å². The van der Waals surface area contributed by atoms with E-state index in [1.807, 2.05) is 15.5 Å². The number of fused-ring (bicyclic) bond motifs is 2. The molecule has 216 valence electrons. The van der Waals surface area contributed by atoms with Crippen LogP contribution in [0.1, 0.15) is 46.2 Å². The van der Waals surface area contributed by atoms with Gasteiger partial charge in [0.15, 0.2) is 23.3 Å². The number of carbonyl (C=O) groups is 2. The maximum Gasteiger partial charge on any atom is 0.334 e. The van der Waals surface area contributed by atoms with Gasteiger partial charge in [0, 0.05) is 25.1 Å². The zero-order valence-electron chi connectivity index (χ0n) is 22.2. The number of carboxylic acids is 1. The van der Waals surface area contributed by atoms with E-state index in [1.165, 1.54) is 33.2 Å². The van der Waals surface area contributed by atoms with Gasteiger partial charge in [0.1, 0.15) is 5.52 Å². The summed E-state index contributed by atoms with van der Waals surface area (Å²) in [6.45, 7) is 1.34. The number of ether oxygens (including phenoxy) is 1. The Hall–Kier alpha value is -4.56. The number of halogens is 2. The number of imidazole rings is 2. The lowest BCUT2D eigenvalue weighted by atomic mass is 10.1. The molecule has 0 aromatic carbocycles. The predicted octanol–water partition coefficient (Wildman–Crippen LogP) is 2.51. The molecule has 2 N–H and O–H groups in total. The van der Waals surface area contributed by atoms with E-state index in [0.717, 1.165) is 18.5 Å². The van der Waals surface area contributed by atoms with Crippen molar-refractivity contribution in [3.05, 3.63) is 76.7 Å². The smallest absolute Gasteiger partial charge is 0.334 e. The normalized spacial score (nSPS) is 17.3. The molecule has 2 aliphatic rings. The maximum atomic E-state index is 14.5. The topological polar surface area (TPSA) is 144 Å². The Morgan fingerprint density at radius 2 is 2.07 bits per heavy atom. The summed E-state index contributed by atoms with van der Waals surface area (Å²) in [7, 11) is 0. The van der Waals surface area contributed by atoms with E-state index < -0.39 is 23.8 Å². The minimum absolute atomic E-state index is 0.0255. The number of aliphatic carboxylic acids is 1. The van der Waals surface area contributed by atoms with Crippen LogP contribution in [-0.4, -0.2) is 76.5 Å². The van der Waals surface area contributed by atoms with Crippen LogP contribution in [0.15, 0.2) is 43.2 Å². The third-order valence-electron chi connectivity index (χ3n) is 7.51. The van der Waals surface area contributed by atoms with Gasteiger partial charge >= 0.3 is 5.97 Å². The molecule has 42 heavy (non-hydrogen) atoms. The van der Waals surface area contributed by atoms with E-state index in [2.05, 4.69) is 32.9 Å². The number of nitrogens with one attached hydrogen (secondary N) is 1. The number of morpholine rings is 1. The first kappa shape index (κ1) is 26.3. The Kier molecular flexibility index (Phi) is 6.50. The van der Waals surface area contributed by atoms with E-state index in [9.17, 15) is 19.1 Å². The molecular weight excluding hydrogens is 569 g/mol. The molecule has 1 saturated carbocycles. The second kappa shape index (κ2) is 10.4. The summed E-state index contributed by atoms with van der Waals surface area (Å²) in [5, 5.41) is 20.2. The summed E-state index contributed by atoms with van der Waals surface area (Å²) in [6, 6.07) is 3.54. The number of amides is 1. The van der Waals surface area contributed by atoms with Crippen molar-refractivity contribution in [1.82, 2.24) is 39.1 Å². The number of carboxylic acid groups (broad SMARTS) is 1. The molecule has 1 saturated heterocycles. The molecule has 1 atom stereocenters. The van der Waals surface area contributed by atoms with Gasteiger partial charge in [-0.2, -0.15) is 0 Å². The third-order valence-corrected chi connectivity index (χ3v) is 7.81. The summed E-state index contributed by atoms with van der Waals surface area (Å²) in [5.41, 5.74) is 4.06. The Morgan fingerprint density at radius 1 is 1.21 bits per heavy atom. The monoisotopic (exact) mass is 593 g/mol. The first-order valence-corrected chi connectivity index (χ1v) is 13.8. The zero-order valence-corrected chi connectivity index (χ0v) is 22.9. The SMILES string of the molecule is O=C(NCc1ncn2ccc(Cl)c(F)c12)c1cn(Cc2cn3cc(C4CC4)cc(N4CCO[C@H](C(=O)O)C4)c3n2)nn1. The fourth-order valence-corrected chi connectivity index (χ4v) is 5.38. The minimum atomic E-state index is -0.987. The zero-order chi connectivity index (χ0) is 29.0. The van der Waals surface area contributed by atoms with E-state index in [4.69, 9.17) is 21.3 Å². The number of pyridine rings is 2. The molecule has 1 amide bonds. The Balaban J connectivity index is 1.09. The van der Waals surface area contributed by atoms with Gasteiger partial charge in [0.2, 0.25) is 0 Å². The molecule has 2 fully saturated rings. The van der Waals surface area contributed by atoms with E-state index in [-0.39, 0.29) is 35.9 Å². The lowest BCUT2D eigenvalue weighted by molar-refractivity contribution is -0.150. The quantitative estimate of drug-likeness (QED) is 0.277. The van der Waals surface area contributed by atoms with Crippen molar-refractivity contribution in [1.29, 1.82) is 0 Å². The number of rotatable bonds is 8. The summed E-state index contributed by atoms with van der Waals surface area (Å²) in [5.74, 6) is -1.60. The van der Waals surface area contributed by atoms with E-state index in [1.54, 1.807) is 6.20 Å². The largest absolute Gasteiger partial charge is 0.479 e. The van der Waals surface area contributed by atoms with Gasteiger partial charge in [-0.15, -0.1) is 5.10 Å². The highest BCUT2D eigenvalue weighted by Crippen LogP contribution is 2.42. The number of nitrogens with zero attached hydrogens (tertiary/aromatic N) is 8. The van der Waals surface area contributed by atoms with Gasteiger partial charge in [-0.25, -0.2) is 23.8 Å². The fourth-order valence-electron chi connectivity index (χ4n) is 5.23. The van der Waals surface area contributed by atoms with Gasteiger partial charge in [-0.1, -0.05) is 16.8 Å². The van der Waals surface area contributed by atoms with Crippen molar-refractivity contribution in [2.75, 3.05) is 24.6 Å². The van der Waals surface area contributed by atoms with Crippen molar-refractivity contribution in [3.63, 3.8) is 0 Å². The second-order valence-corrected chi connectivity index (χ2v) is 10.9. The van der Waals surface area contributed by atoms with Crippen LogP contribution < -0.4 is 10.2 Å². The first-order valence-electron chi connectivity index (χ1n) is 13.4. The molecule has 0 spiro atoms. The van der Waals surface area contributed by atoms with Crippen LogP contribution >= 0.6 is 11.6 Å². The molecule has 1 aliphatic carbocycles. The lowest BCUT2D eigenvalue weighted by Gasteiger charge is -2.33. The molecule has 13 nitrogen and oxygen atoms in total. The van der Waals surface area contributed by atoms with Gasteiger partial charge in [-0.3, -0.25) is 4.79 Å². The molecule has 6 heterocycles. The molecule has 7 rings (SSSR count). The van der Waals surface area contributed by atoms with Gasteiger partial charge < -0.3 is 28.9 Å². The van der Waals surface area contributed by atoms with E-state index in [0.29, 0.717) is 36.1 Å². The summed E-state index contributed by atoms with van der Waals surface area (Å²) in [6.07, 6.45) is 9.87. The molecule has 0 unspecified atom stereocenters. The van der Waals surface area contributed by atoms with Crippen LogP contribution in [0, 0.1) is 5.82 Å². The maximum absolute atomic E-state index is 14.5. The van der Waals surface area contributed by atoms with Crippen LogP contribution in [0.4, 0.5) is 10.1 Å². The number of aromatic nitrogens is 7. The van der Waals surface area contributed by atoms with Crippen molar-refractivity contribution in [2.45, 2.75) is 38.0 Å². The Morgan fingerprint density at radius 3 is 2.88 bits per heavy atom. The molecule has 5 aromatic heterocycles. The van der Waals surface area contributed by atoms with Crippen LogP contribution in [0.5, 0.6) is 0 Å². The van der Waals surface area contributed by atoms with E-state index >= 15 is 0 Å². The van der Waals surface area contributed by atoms with Crippen molar-refractivity contribution >= 4 is 40.3 Å². The first-order chi connectivity index (χ1) is 20.3. The van der Waals surface area contributed by atoms with Crippen molar-refractivity contribution < 1.29 is 23.8 Å². The van der Waals surface area contributed by atoms with Gasteiger partial charge in [0.25, 0.3) is 5.91 Å². The standard InChI is InChI=1S/C27H25ClFN9O4/c28-18-3-4-36-14-31-19(24(36)23(18)29)8-30-26(39)20-12-38(34-33-20)11-17-10-37-9-16(15-1-2-15)7-21(25(37)32-17)35-5-6-42-22(13-35)27(40)41/h3-4,7,9-10,12,14-15,22H,1-2,5-6,8,11,13H2,(H,30,39)(H,40,41)/t22-/m0/s1. The molecule has 0 radical (unpaired) electrons. The average molecular weight is 594 g/mol. The highest BCUT2D eigenvalue weighted by molar-refractivity contribution is 6.31. The molecule has 1 aliphatic heterocycles. The summed E-state index contributed by atoms with van der Waals surface area (Å²) in [4.78, 5) is 35.4. The highest BCUT2D eigenvalue weighted by atomic mass is 35.5. The van der Waals surface area contributed by atoms with Gasteiger partial charge in [0.05, 0.1) is 60.9 Å². The second-order valence-electron chi connectivity index (χ2n) is 10.4. The third kappa shape index (κ3) is 4.92. The molecule has 0 bridgehead atoms. The summed E-state index contributed by atoms with van der Waals surface area (Å²) >= 11 is 5.90. The minimum Gasteiger partial charge on any atom is -0.479 e. The number of anilines is 1. The fraction of sp³-hybridized carbons (Fsp3) is 0.333. The predicted molar refractivity (Wildman–Crippen MR) is 147 cm³/mol. The van der Waals surface area contributed by atoms with Crippen molar-refractivity contribution in [3.8, 4) is 0 Å². The Bertz CT molecular complexity index is 1850. The number of carbonyl (C=O) groups excluding carboxylic acids is 1. The van der Waals surface area contributed by atoms with Crippen LogP contribution in [0.25, 0.3) is 11.2 Å². The van der Waals surface area contributed by atoms with Gasteiger partial charge in [-0.05, 0) is 36.5 Å². The average Bonchev–Trinajstić information content (AvgIpc) is 3.38. The Labute approximate surface area is 242 Å². The molecule has 5 aromatic rings.